The van der Waals surface area contributed by atoms with E-state index in [1.807, 2.05) is 13.8 Å². The number of aryl methyl sites for hydroxylation is 3. The van der Waals surface area contributed by atoms with Gasteiger partial charge in [0.15, 0.2) is 0 Å². The second-order valence-electron chi connectivity index (χ2n) is 6.27. The number of aromatic nitrogens is 3. The molecule has 0 unspecified atom stereocenters. The summed E-state index contributed by atoms with van der Waals surface area (Å²) >= 11 is 1.51. The van der Waals surface area contributed by atoms with Crippen molar-refractivity contribution in [1.29, 1.82) is 0 Å². The molecule has 2 amide bonds. The van der Waals surface area contributed by atoms with E-state index in [1.165, 1.54) is 28.2 Å². The molecule has 0 spiro atoms. The van der Waals surface area contributed by atoms with Crippen LogP contribution in [-0.2, 0) is 6.54 Å². The second-order valence-corrected chi connectivity index (χ2v) is 7.48. The van der Waals surface area contributed by atoms with Crippen LogP contribution in [0, 0.1) is 26.6 Å². The third-order valence-corrected chi connectivity index (χ3v) is 5.14. The van der Waals surface area contributed by atoms with Crippen molar-refractivity contribution in [2.75, 3.05) is 11.9 Å². The van der Waals surface area contributed by atoms with Gasteiger partial charge in [0.05, 0.1) is 22.1 Å². The van der Waals surface area contributed by atoms with E-state index >= 15 is 0 Å². The number of thiazole rings is 1. The molecule has 7 nitrogen and oxygen atoms in total. The van der Waals surface area contributed by atoms with Crippen molar-refractivity contribution in [3.05, 3.63) is 62.8 Å². The number of hydrogen-bond acceptors (Lipinski definition) is 5. The Morgan fingerprint density at radius 3 is 2.68 bits per heavy atom. The summed E-state index contributed by atoms with van der Waals surface area (Å²) in [6, 6.07) is 7.10. The van der Waals surface area contributed by atoms with Gasteiger partial charge in [-0.25, -0.2) is 18.9 Å². The standard InChI is InChI=1S/C19H20FN5O2S/c1-11-4-5-14(10-15(11)20)23-19(27)21-8-9-25-17(26)7-6-16(24-25)18-12(2)22-13(3)28-18/h4-7,10H,8-9H2,1-3H3,(H2,21,23,27). The molecule has 3 rings (SSSR count). The molecule has 0 radical (unpaired) electrons. The highest BCUT2D eigenvalue weighted by atomic mass is 32.1. The summed E-state index contributed by atoms with van der Waals surface area (Å²) in [6.45, 7) is 5.86. The fourth-order valence-corrected chi connectivity index (χ4v) is 3.51. The monoisotopic (exact) mass is 401 g/mol. The van der Waals surface area contributed by atoms with Crippen LogP contribution < -0.4 is 16.2 Å². The van der Waals surface area contributed by atoms with Gasteiger partial charge in [0.25, 0.3) is 5.56 Å². The van der Waals surface area contributed by atoms with Crippen molar-refractivity contribution in [2.45, 2.75) is 27.3 Å². The highest BCUT2D eigenvalue weighted by Crippen LogP contribution is 2.27. The summed E-state index contributed by atoms with van der Waals surface area (Å²) in [5.41, 5.74) is 2.13. The van der Waals surface area contributed by atoms with E-state index in [0.717, 1.165) is 15.6 Å². The number of benzene rings is 1. The number of anilines is 1. The number of carbonyl (C=O) groups excluding carboxylic acids is 1. The van der Waals surface area contributed by atoms with Gasteiger partial charge in [-0.1, -0.05) is 6.07 Å². The predicted molar refractivity (Wildman–Crippen MR) is 107 cm³/mol. The van der Waals surface area contributed by atoms with Crippen LogP contribution >= 0.6 is 11.3 Å². The Balaban J connectivity index is 1.62. The maximum absolute atomic E-state index is 13.5. The minimum atomic E-state index is -0.485. The molecule has 146 valence electrons. The van der Waals surface area contributed by atoms with Crippen LogP contribution in [0.25, 0.3) is 10.6 Å². The van der Waals surface area contributed by atoms with Crippen molar-refractivity contribution in [3.8, 4) is 10.6 Å². The average molecular weight is 401 g/mol. The predicted octanol–water partition coefficient (Wildman–Crippen LogP) is 3.25. The summed E-state index contributed by atoms with van der Waals surface area (Å²) in [6.07, 6.45) is 0. The third kappa shape index (κ3) is 4.61. The van der Waals surface area contributed by atoms with Crippen molar-refractivity contribution in [3.63, 3.8) is 0 Å². The van der Waals surface area contributed by atoms with E-state index in [2.05, 4.69) is 20.7 Å². The Labute approximate surface area is 165 Å². The average Bonchev–Trinajstić information content (AvgIpc) is 2.98. The summed E-state index contributed by atoms with van der Waals surface area (Å²) < 4.78 is 14.8. The lowest BCUT2D eigenvalue weighted by molar-refractivity contribution is 0.251. The minimum absolute atomic E-state index is 0.192. The van der Waals surface area contributed by atoms with Crippen LogP contribution in [0.5, 0.6) is 0 Å². The van der Waals surface area contributed by atoms with Gasteiger partial charge < -0.3 is 10.6 Å². The number of carbonyl (C=O) groups is 1. The third-order valence-electron chi connectivity index (χ3n) is 4.04. The lowest BCUT2D eigenvalue weighted by Gasteiger charge is -2.10. The maximum atomic E-state index is 13.5. The molecule has 2 heterocycles. The lowest BCUT2D eigenvalue weighted by atomic mass is 10.2. The Morgan fingerprint density at radius 1 is 1.21 bits per heavy atom. The van der Waals surface area contributed by atoms with Gasteiger partial charge in [0.2, 0.25) is 0 Å². The van der Waals surface area contributed by atoms with Gasteiger partial charge in [-0.2, -0.15) is 5.10 Å². The molecule has 2 N–H and O–H groups in total. The summed E-state index contributed by atoms with van der Waals surface area (Å²) in [7, 11) is 0. The zero-order valence-electron chi connectivity index (χ0n) is 15.7. The highest BCUT2D eigenvalue weighted by molar-refractivity contribution is 7.15. The molecule has 3 aromatic rings. The molecule has 0 bridgehead atoms. The number of amides is 2. The molecule has 0 fully saturated rings. The van der Waals surface area contributed by atoms with Crippen molar-refractivity contribution < 1.29 is 9.18 Å². The van der Waals surface area contributed by atoms with Crippen LogP contribution in [-0.4, -0.2) is 27.3 Å². The first-order chi connectivity index (χ1) is 13.3. The Hall–Kier alpha value is -3.07. The first-order valence-corrected chi connectivity index (χ1v) is 9.48. The SMILES string of the molecule is Cc1nc(C)c(-c2ccc(=O)n(CCNC(=O)Nc3ccc(C)c(F)c3)n2)s1. The van der Waals surface area contributed by atoms with E-state index in [0.29, 0.717) is 16.9 Å². The molecule has 0 aliphatic carbocycles. The molecule has 0 aliphatic heterocycles. The first-order valence-electron chi connectivity index (χ1n) is 8.67. The Kier molecular flexibility index (Phi) is 5.84. The fourth-order valence-electron chi connectivity index (χ4n) is 2.62. The largest absolute Gasteiger partial charge is 0.336 e. The molecule has 0 saturated carbocycles. The van der Waals surface area contributed by atoms with E-state index in [1.54, 1.807) is 25.1 Å². The van der Waals surface area contributed by atoms with Crippen molar-refractivity contribution in [2.24, 2.45) is 0 Å². The minimum Gasteiger partial charge on any atom is -0.336 e. The van der Waals surface area contributed by atoms with Gasteiger partial charge in [-0.05, 0) is 44.5 Å². The maximum Gasteiger partial charge on any atom is 0.319 e. The van der Waals surface area contributed by atoms with Crippen molar-refractivity contribution >= 4 is 23.1 Å². The van der Waals surface area contributed by atoms with Gasteiger partial charge >= 0.3 is 6.03 Å². The number of nitrogens with zero attached hydrogens (tertiary/aromatic N) is 3. The van der Waals surface area contributed by atoms with E-state index in [9.17, 15) is 14.0 Å². The first kappa shape index (κ1) is 19.7. The normalized spacial score (nSPS) is 10.7. The molecular weight excluding hydrogens is 381 g/mol. The number of rotatable bonds is 5. The van der Waals surface area contributed by atoms with Gasteiger partial charge in [-0.3, -0.25) is 4.79 Å². The van der Waals surface area contributed by atoms with Gasteiger partial charge in [0, 0.05) is 18.3 Å². The van der Waals surface area contributed by atoms with Crippen LogP contribution in [0.1, 0.15) is 16.3 Å². The number of nitrogens with one attached hydrogen (secondary N) is 2. The molecule has 0 aliphatic rings. The zero-order chi connectivity index (χ0) is 20.3. The number of urea groups is 1. The van der Waals surface area contributed by atoms with Crippen molar-refractivity contribution in [1.82, 2.24) is 20.1 Å². The zero-order valence-corrected chi connectivity index (χ0v) is 16.6. The topological polar surface area (TPSA) is 88.9 Å². The molecule has 9 heteroatoms. The summed E-state index contributed by atoms with van der Waals surface area (Å²) in [5, 5.41) is 10.5. The quantitative estimate of drug-likeness (QED) is 0.687. The van der Waals surface area contributed by atoms with Crippen LogP contribution in [0.4, 0.5) is 14.9 Å². The molecular formula is C19H20FN5O2S. The number of hydrogen-bond donors (Lipinski definition) is 2. The van der Waals surface area contributed by atoms with Gasteiger partial charge in [0.1, 0.15) is 11.5 Å². The molecule has 28 heavy (non-hydrogen) atoms. The Bertz CT molecular complexity index is 1080. The number of halogens is 1. The van der Waals surface area contributed by atoms with Gasteiger partial charge in [-0.15, -0.1) is 11.3 Å². The van der Waals surface area contributed by atoms with E-state index in [-0.39, 0.29) is 24.5 Å². The summed E-state index contributed by atoms with van der Waals surface area (Å²) in [4.78, 5) is 29.3. The molecule has 0 saturated heterocycles. The molecule has 2 aromatic heterocycles. The van der Waals surface area contributed by atoms with Crippen LogP contribution in [0.3, 0.4) is 0 Å². The van der Waals surface area contributed by atoms with Crippen LogP contribution in [0.2, 0.25) is 0 Å². The van der Waals surface area contributed by atoms with Crippen LogP contribution in [0.15, 0.2) is 35.1 Å². The second kappa shape index (κ2) is 8.30. The fraction of sp³-hybridized carbons (Fsp3) is 0.263. The highest BCUT2D eigenvalue weighted by Gasteiger charge is 2.11. The summed E-state index contributed by atoms with van der Waals surface area (Å²) in [5.74, 6) is -0.390. The lowest BCUT2D eigenvalue weighted by Crippen LogP contribution is -2.34. The van der Waals surface area contributed by atoms with E-state index in [4.69, 9.17) is 0 Å². The smallest absolute Gasteiger partial charge is 0.319 e. The Morgan fingerprint density at radius 2 is 2.00 bits per heavy atom. The molecule has 0 atom stereocenters. The van der Waals surface area contributed by atoms with E-state index < -0.39 is 6.03 Å². The molecule has 1 aromatic carbocycles.